The lowest BCUT2D eigenvalue weighted by Crippen LogP contribution is -2.71. The van der Waals surface area contributed by atoms with Crippen LogP contribution in [0.15, 0.2) is 67.0 Å². The first-order valence-electron chi connectivity index (χ1n) is 11.7. The average Bonchev–Trinajstić information content (AvgIpc) is 2.85. The standard InChI is InChI=1S/C28H31Cl2N3O/c1-3-27(17-34)13-12-24(23-11-8-20(15-25(23)30)21-5-4-14-33-16-21)26(28(27,32)18(2)31)19-6-9-22(29)10-7-19/h4-11,14-18,24,26H,3,12-13,31-32H2,1-2H3. The van der Waals surface area contributed by atoms with Gasteiger partial charge in [-0.3, -0.25) is 4.98 Å². The first kappa shape index (κ1) is 24.9. The number of pyridine rings is 1. The third-order valence-corrected chi connectivity index (χ3v) is 8.49. The Kier molecular flexibility index (Phi) is 7.16. The van der Waals surface area contributed by atoms with Crippen LogP contribution < -0.4 is 11.5 Å². The molecule has 1 saturated carbocycles. The molecule has 1 aliphatic carbocycles. The Hall–Kier alpha value is -2.24. The Labute approximate surface area is 211 Å². The molecule has 5 atom stereocenters. The van der Waals surface area contributed by atoms with Crippen molar-refractivity contribution in [3.05, 3.63) is 88.2 Å². The number of carbonyl (C=O) groups is 1. The van der Waals surface area contributed by atoms with Crippen molar-refractivity contribution in [3.63, 3.8) is 0 Å². The van der Waals surface area contributed by atoms with Gasteiger partial charge in [-0.1, -0.05) is 60.5 Å². The second-order valence-electron chi connectivity index (χ2n) is 9.50. The van der Waals surface area contributed by atoms with Crippen molar-refractivity contribution >= 4 is 29.5 Å². The lowest BCUT2D eigenvalue weighted by Gasteiger charge is -2.58. The second kappa shape index (κ2) is 9.79. The van der Waals surface area contributed by atoms with Crippen LogP contribution >= 0.6 is 23.2 Å². The fourth-order valence-corrected chi connectivity index (χ4v) is 6.40. The molecule has 3 aromatic rings. The van der Waals surface area contributed by atoms with Crippen LogP contribution in [-0.4, -0.2) is 22.9 Å². The maximum absolute atomic E-state index is 12.6. The topological polar surface area (TPSA) is 82.0 Å². The number of aromatic nitrogens is 1. The molecule has 1 heterocycles. The Morgan fingerprint density at radius 1 is 1.15 bits per heavy atom. The molecule has 2 aromatic carbocycles. The quantitative estimate of drug-likeness (QED) is 0.389. The largest absolute Gasteiger partial charge is 0.326 e. The van der Waals surface area contributed by atoms with Gasteiger partial charge in [0.1, 0.15) is 6.29 Å². The van der Waals surface area contributed by atoms with E-state index in [4.69, 9.17) is 34.7 Å². The van der Waals surface area contributed by atoms with Gasteiger partial charge >= 0.3 is 0 Å². The van der Waals surface area contributed by atoms with Crippen molar-refractivity contribution in [1.29, 1.82) is 0 Å². The molecule has 34 heavy (non-hydrogen) atoms. The molecule has 6 heteroatoms. The Bertz CT molecular complexity index is 1150. The second-order valence-corrected chi connectivity index (χ2v) is 10.3. The molecular formula is C28H31Cl2N3O. The van der Waals surface area contributed by atoms with E-state index in [-0.39, 0.29) is 11.8 Å². The van der Waals surface area contributed by atoms with Crippen LogP contribution in [0.3, 0.4) is 0 Å². The number of hydrogen-bond acceptors (Lipinski definition) is 4. The van der Waals surface area contributed by atoms with E-state index in [0.717, 1.165) is 35.0 Å². The van der Waals surface area contributed by atoms with Gasteiger partial charge in [0.2, 0.25) is 0 Å². The normalized spacial score (nSPS) is 27.8. The van der Waals surface area contributed by atoms with E-state index >= 15 is 0 Å². The van der Waals surface area contributed by atoms with Crippen LogP contribution in [0.4, 0.5) is 0 Å². The molecule has 0 bridgehead atoms. The Balaban J connectivity index is 1.88. The minimum atomic E-state index is -0.967. The van der Waals surface area contributed by atoms with Crippen molar-refractivity contribution in [2.45, 2.75) is 56.5 Å². The highest BCUT2D eigenvalue weighted by Gasteiger charge is 2.60. The summed E-state index contributed by atoms with van der Waals surface area (Å²) in [6.45, 7) is 3.93. The molecule has 0 radical (unpaired) electrons. The van der Waals surface area contributed by atoms with Crippen LogP contribution in [0.2, 0.25) is 10.0 Å². The van der Waals surface area contributed by atoms with Crippen LogP contribution in [0.1, 0.15) is 56.1 Å². The highest BCUT2D eigenvalue weighted by atomic mass is 35.5. The summed E-state index contributed by atoms with van der Waals surface area (Å²) in [7, 11) is 0. The molecule has 1 aromatic heterocycles. The van der Waals surface area contributed by atoms with E-state index in [1.807, 2.05) is 62.5 Å². The smallest absolute Gasteiger partial charge is 0.128 e. The van der Waals surface area contributed by atoms with Crippen LogP contribution in [0.25, 0.3) is 11.1 Å². The summed E-state index contributed by atoms with van der Waals surface area (Å²) in [5, 5.41) is 1.32. The molecule has 4 nitrogen and oxygen atoms in total. The zero-order valence-corrected chi connectivity index (χ0v) is 21.1. The van der Waals surface area contributed by atoms with Gasteiger partial charge in [-0.25, -0.2) is 0 Å². The van der Waals surface area contributed by atoms with E-state index in [1.165, 1.54) is 0 Å². The lowest BCUT2D eigenvalue weighted by molar-refractivity contribution is -0.125. The number of aldehydes is 1. The van der Waals surface area contributed by atoms with Gasteiger partial charge < -0.3 is 16.3 Å². The fourth-order valence-electron chi connectivity index (χ4n) is 5.96. The van der Waals surface area contributed by atoms with Gasteiger partial charge in [0.05, 0.1) is 5.54 Å². The first-order chi connectivity index (χ1) is 16.3. The van der Waals surface area contributed by atoms with Gasteiger partial charge in [-0.05, 0) is 73.1 Å². The van der Waals surface area contributed by atoms with E-state index in [9.17, 15) is 4.79 Å². The van der Waals surface area contributed by atoms with E-state index in [1.54, 1.807) is 6.20 Å². The number of carbonyl (C=O) groups excluding carboxylic acids is 1. The van der Waals surface area contributed by atoms with Crippen molar-refractivity contribution in [3.8, 4) is 11.1 Å². The predicted molar refractivity (Wildman–Crippen MR) is 140 cm³/mol. The molecule has 1 aliphatic rings. The van der Waals surface area contributed by atoms with Crippen molar-refractivity contribution in [2.24, 2.45) is 16.9 Å². The summed E-state index contributed by atoms with van der Waals surface area (Å²) in [5.74, 6) is -0.224. The van der Waals surface area contributed by atoms with E-state index in [0.29, 0.717) is 22.9 Å². The molecule has 0 amide bonds. The zero-order chi connectivity index (χ0) is 24.5. The minimum absolute atomic E-state index is 0.00718. The third kappa shape index (κ3) is 4.07. The molecule has 5 unspecified atom stereocenters. The van der Waals surface area contributed by atoms with Gasteiger partial charge in [-0.15, -0.1) is 0 Å². The van der Waals surface area contributed by atoms with Gasteiger partial charge in [0.15, 0.2) is 0 Å². The lowest BCUT2D eigenvalue weighted by atomic mass is 9.49. The summed E-state index contributed by atoms with van der Waals surface area (Å²) >= 11 is 13.1. The van der Waals surface area contributed by atoms with Crippen molar-refractivity contribution < 1.29 is 4.79 Å². The molecule has 0 aliphatic heterocycles. The van der Waals surface area contributed by atoms with Gasteiger partial charge in [0, 0.05) is 45.4 Å². The average molecular weight is 496 g/mol. The van der Waals surface area contributed by atoms with Crippen molar-refractivity contribution in [2.75, 3.05) is 0 Å². The zero-order valence-electron chi connectivity index (χ0n) is 19.5. The SMILES string of the molecule is CCC1(C=O)CCC(c2ccc(-c3cccnc3)cc2Cl)C(c2ccc(Cl)cc2)C1(N)C(C)N. The van der Waals surface area contributed by atoms with Crippen LogP contribution in [0, 0.1) is 5.41 Å². The number of nitrogens with zero attached hydrogens (tertiary/aromatic N) is 1. The minimum Gasteiger partial charge on any atom is -0.326 e. The number of rotatable bonds is 6. The molecule has 4 rings (SSSR count). The van der Waals surface area contributed by atoms with E-state index < -0.39 is 17.0 Å². The molecule has 0 spiro atoms. The summed E-state index contributed by atoms with van der Waals surface area (Å²) in [4.78, 5) is 16.8. The molecular weight excluding hydrogens is 465 g/mol. The molecule has 178 valence electrons. The molecule has 1 fully saturated rings. The van der Waals surface area contributed by atoms with Gasteiger partial charge in [0.25, 0.3) is 0 Å². The predicted octanol–water partition coefficient (Wildman–Crippen LogP) is 6.36. The van der Waals surface area contributed by atoms with Crippen LogP contribution in [-0.2, 0) is 4.79 Å². The molecule has 4 N–H and O–H groups in total. The number of benzene rings is 2. The highest BCUT2D eigenvalue weighted by Crippen LogP contribution is 2.58. The Morgan fingerprint density at radius 3 is 2.44 bits per heavy atom. The molecule has 0 saturated heterocycles. The maximum atomic E-state index is 12.6. The number of nitrogens with two attached hydrogens (primary N) is 2. The number of halogens is 2. The highest BCUT2D eigenvalue weighted by molar-refractivity contribution is 6.31. The summed E-state index contributed by atoms with van der Waals surface area (Å²) in [6.07, 6.45) is 6.67. The third-order valence-electron chi connectivity index (χ3n) is 7.91. The maximum Gasteiger partial charge on any atom is 0.128 e. The number of hydrogen-bond donors (Lipinski definition) is 2. The summed E-state index contributed by atoms with van der Waals surface area (Å²) in [6, 6.07) is 17.4. The summed E-state index contributed by atoms with van der Waals surface area (Å²) < 4.78 is 0. The Morgan fingerprint density at radius 2 is 1.88 bits per heavy atom. The van der Waals surface area contributed by atoms with Crippen molar-refractivity contribution in [1.82, 2.24) is 4.98 Å². The van der Waals surface area contributed by atoms with Crippen LogP contribution in [0.5, 0.6) is 0 Å². The van der Waals surface area contributed by atoms with Gasteiger partial charge in [-0.2, -0.15) is 0 Å². The van der Waals surface area contributed by atoms with E-state index in [2.05, 4.69) is 17.1 Å². The monoisotopic (exact) mass is 495 g/mol. The summed E-state index contributed by atoms with van der Waals surface area (Å²) in [5.41, 5.74) is 16.2. The fraction of sp³-hybridized carbons (Fsp3) is 0.357. The first-order valence-corrected chi connectivity index (χ1v) is 12.5.